The van der Waals surface area contributed by atoms with Crippen molar-refractivity contribution in [2.24, 2.45) is 13.0 Å². The van der Waals surface area contributed by atoms with E-state index in [0.717, 1.165) is 54.0 Å². The summed E-state index contributed by atoms with van der Waals surface area (Å²) in [5.74, 6) is 0.221. The van der Waals surface area contributed by atoms with E-state index in [1.54, 1.807) is 35.4 Å². The zero-order valence-corrected chi connectivity index (χ0v) is 23.2. The number of nitrogens with zero attached hydrogens (tertiary/aromatic N) is 4. The Morgan fingerprint density at radius 3 is 2.27 bits per heavy atom. The topological polar surface area (TPSA) is 75.1 Å². The fourth-order valence-corrected chi connectivity index (χ4v) is 4.99. The van der Waals surface area contributed by atoms with Gasteiger partial charge in [-0.2, -0.15) is 18.3 Å². The van der Waals surface area contributed by atoms with Gasteiger partial charge in [0.25, 0.3) is 0 Å². The number of alkyl halides is 3. The van der Waals surface area contributed by atoms with Gasteiger partial charge in [-0.3, -0.25) is 9.67 Å². The highest BCUT2D eigenvalue weighted by Gasteiger charge is 2.34. The average Bonchev–Trinajstić information content (AvgIpc) is 3.32. The Morgan fingerprint density at radius 2 is 1.60 bits per heavy atom. The van der Waals surface area contributed by atoms with Gasteiger partial charge in [-0.05, 0) is 80.7 Å². The molecule has 40 heavy (non-hydrogen) atoms. The van der Waals surface area contributed by atoms with Crippen molar-refractivity contribution in [2.45, 2.75) is 39.3 Å². The number of anilines is 2. The fraction of sp³-hybridized carbons (Fsp3) is 0.367. The number of rotatable bonds is 5. The molecule has 7 nitrogen and oxygen atoms in total. The molecule has 0 spiro atoms. The number of aromatic nitrogens is 3. The Morgan fingerprint density at radius 1 is 0.950 bits per heavy atom. The quantitative estimate of drug-likeness (QED) is 0.274. The minimum atomic E-state index is -4.50. The molecule has 0 bridgehead atoms. The Hall–Kier alpha value is -3.92. The van der Waals surface area contributed by atoms with E-state index in [2.05, 4.69) is 25.6 Å². The Bertz CT molecular complexity index is 1440. The molecule has 212 valence electrons. The molecule has 0 atom stereocenters. The van der Waals surface area contributed by atoms with Gasteiger partial charge >= 0.3 is 12.2 Å². The molecule has 2 amide bonds. The predicted octanol–water partition coefficient (Wildman–Crippen LogP) is 7.21. The minimum Gasteiger partial charge on any atom is -0.308 e. The number of hydrogen-bond donors (Lipinski definition) is 2. The van der Waals surface area contributed by atoms with Gasteiger partial charge in [0.05, 0.1) is 23.5 Å². The summed E-state index contributed by atoms with van der Waals surface area (Å²) < 4.78 is 43.3. The lowest BCUT2D eigenvalue weighted by molar-refractivity contribution is -0.138. The van der Waals surface area contributed by atoms with Gasteiger partial charge in [0.15, 0.2) is 0 Å². The minimum absolute atomic E-state index is 0.0907. The molecule has 1 saturated heterocycles. The van der Waals surface area contributed by atoms with E-state index >= 15 is 0 Å². The van der Waals surface area contributed by atoms with Crippen LogP contribution in [0.2, 0.25) is 0 Å². The van der Waals surface area contributed by atoms with E-state index in [1.807, 2.05) is 40.1 Å². The molecule has 0 saturated carbocycles. The number of aryl methyl sites for hydroxylation is 1. The SMILES string of the molecule is CC.CN1CCC(Cc2ccc(NC(=O)Nc3ccc(-c4cncc5c4cnn5C)cc3)cc2C(F)(F)F)CC1. The normalized spacial score (nSPS) is 14.5. The summed E-state index contributed by atoms with van der Waals surface area (Å²) in [6.07, 6.45) is 2.91. The van der Waals surface area contributed by atoms with Gasteiger partial charge < -0.3 is 15.5 Å². The molecule has 5 rings (SSSR count). The van der Waals surface area contributed by atoms with E-state index in [1.165, 1.54) is 12.1 Å². The smallest absolute Gasteiger partial charge is 0.308 e. The maximum absolute atomic E-state index is 13.9. The molecule has 10 heteroatoms. The Kier molecular flexibility index (Phi) is 9.09. The molecular formula is C30H35F3N6O. The van der Waals surface area contributed by atoms with Gasteiger partial charge in [0, 0.05) is 35.6 Å². The molecule has 2 N–H and O–H groups in total. The van der Waals surface area contributed by atoms with E-state index in [4.69, 9.17) is 0 Å². The monoisotopic (exact) mass is 552 g/mol. The van der Waals surface area contributed by atoms with Crippen LogP contribution < -0.4 is 10.6 Å². The molecule has 1 aliphatic rings. The van der Waals surface area contributed by atoms with E-state index in [0.29, 0.717) is 12.1 Å². The number of carbonyl (C=O) groups is 1. The van der Waals surface area contributed by atoms with Crippen LogP contribution in [0.25, 0.3) is 22.0 Å². The van der Waals surface area contributed by atoms with Gasteiger partial charge in [-0.15, -0.1) is 0 Å². The number of hydrogen-bond acceptors (Lipinski definition) is 4. The second kappa shape index (κ2) is 12.5. The first-order valence-electron chi connectivity index (χ1n) is 13.5. The summed E-state index contributed by atoms with van der Waals surface area (Å²) in [5.41, 5.74) is 2.88. The van der Waals surface area contributed by atoms with Crippen molar-refractivity contribution in [3.8, 4) is 11.1 Å². The summed E-state index contributed by atoms with van der Waals surface area (Å²) in [6.45, 7) is 5.78. The van der Waals surface area contributed by atoms with E-state index < -0.39 is 17.8 Å². The largest absolute Gasteiger partial charge is 0.416 e. The third kappa shape index (κ3) is 6.80. The highest BCUT2D eigenvalue weighted by molar-refractivity contribution is 6.00. The van der Waals surface area contributed by atoms with Gasteiger partial charge in [0.2, 0.25) is 0 Å². The third-order valence-electron chi connectivity index (χ3n) is 7.15. The lowest BCUT2D eigenvalue weighted by atomic mass is 9.88. The lowest BCUT2D eigenvalue weighted by Gasteiger charge is -2.29. The molecule has 0 unspecified atom stereocenters. The number of amides is 2. The molecule has 0 aliphatic carbocycles. The number of benzene rings is 2. The molecule has 4 aromatic rings. The van der Waals surface area contributed by atoms with Crippen LogP contribution in [0.1, 0.15) is 37.8 Å². The third-order valence-corrected chi connectivity index (χ3v) is 7.15. The second-order valence-corrected chi connectivity index (χ2v) is 9.86. The summed E-state index contributed by atoms with van der Waals surface area (Å²) in [4.78, 5) is 19.1. The van der Waals surface area contributed by atoms with Gasteiger partial charge in [0.1, 0.15) is 0 Å². The maximum atomic E-state index is 13.9. The molecular weight excluding hydrogens is 517 g/mol. The number of fused-ring (bicyclic) bond motifs is 1. The first-order chi connectivity index (χ1) is 19.2. The van der Waals surface area contributed by atoms with E-state index in [9.17, 15) is 18.0 Å². The summed E-state index contributed by atoms with van der Waals surface area (Å²) in [7, 11) is 3.87. The van der Waals surface area contributed by atoms with Crippen LogP contribution in [0.4, 0.5) is 29.3 Å². The lowest BCUT2D eigenvalue weighted by Crippen LogP contribution is -2.31. The Labute approximate surface area is 232 Å². The van der Waals surface area contributed by atoms with Crippen LogP contribution in [0.15, 0.2) is 61.1 Å². The molecule has 0 radical (unpaired) electrons. The first-order valence-corrected chi connectivity index (χ1v) is 13.5. The number of pyridine rings is 1. The predicted molar refractivity (Wildman–Crippen MR) is 153 cm³/mol. The van der Waals surface area contributed by atoms with Gasteiger partial charge in [-0.25, -0.2) is 4.79 Å². The van der Waals surface area contributed by atoms with Crippen LogP contribution in [0.5, 0.6) is 0 Å². The summed E-state index contributed by atoms with van der Waals surface area (Å²) in [5, 5.41) is 10.5. The van der Waals surface area contributed by atoms with Crippen molar-refractivity contribution in [3.05, 3.63) is 72.2 Å². The maximum Gasteiger partial charge on any atom is 0.416 e. The van der Waals surface area contributed by atoms with Crippen molar-refractivity contribution in [3.63, 3.8) is 0 Å². The van der Waals surface area contributed by atoms with Crippen LogP contribution in [-0.2, 0) is 19.6 Å². The van der Waals surface area contributed by atoms with Crippen LogP contribution in [-0.4, -0.2) is 45.8 Å². The van der Waals surface area contributed by atoms with Crippen LogP contribution >= 0.6 is 0 Å². The number of piperidine rings is 1. The van der Waals surface area contributed by atoms with Crippen LogP contribution in [0.3, 0.4) is 0 Å². The molecule has 2 aromatic carbocycles. The first kappa shape index (κ1) is 29.1. The number of nitrogens with one attached hydrogen (secondary N) is 2. The standard InChI is InChI=1S/C28H29F3N6O.C2H6/c1-36-11-9-18(10-12-36)13-20-5-8-22(14-25(20)28(29,30)31)35-27(38)34-21-6-3-19(4-7-21)23-15-32-17-26-24(23)16-33-37(26)2;1-2/h3-8,14-18H,9-13H2,1-2H3,(H2,34,35,38);1-2H3. The van der Waals surface area contributed by atoms with Crippen molar-refractivity contribution < 1.29 is 18.0 Å². The van der Waals surface area contributed by atoms with Crippen molar-refractivity contribution in [2.75, 3.05) is 30.8 Å². The summed E-state index contributed by atoms with van der Waals surface area (Å²) >= 11 is 0. The van der Waals surface area contributed by atoms with Gasteiger partial charge in [-0.1, -0.05) is 32.0 Å². The van der Waals surface area contributed by atoms with E-state index in [-0.39, 0.29) is 17.2 Å². The van der Waals surface area contributed by atoms with Crippen LogP contribution in [0, 0.1) is 5.92 Å². The van der Waals surface area contributed by atoms with Crippen molar-refractivity contribution in [1.82, 2.24) is 19.7 Å². The molecule has 3 heterocycles. The fourth-order valence-electron chi connectivity index (χ4n) is 4.99. The highest BCUT2D eigenvalue weighted by atomic mass is 19.4. The van der Waals surface area contributed by atoms with Crippen molar-refractivity contribution >= 4 is 28.3 Å². The number of likely N-dealkylation sites (tertiary alicyclic amines) is 1. The average molecular weight is 553 g/mol. The zero-order chi connectivity index (χ0) is 28.9. The Balaban J connectivity index is 0.00000181. The summed E-state index contributed by atoms with van der Waals surface area (Å²) in [6, 6.07) is 10.6. The number of urea groups is 1. The molecule has 2 aromatic heterocycles. The second-order valence-electron chi connectivity index (χ2n) is 9.86. The number of halogens is 3. The van der Waals surface area contributed by atoms with Crippen molar-refractivity contribution in [1.29, 1.82) is 0 Å². The highest BCUT2D eigenvalue weighted by Crippen LogP contribution is 2.36. The molecule has 1 aliphatic heterocycles. The number of carbonyl (C=O) groups excluding carboxylic acids is 1. The zero-order valence-electron chi connectivity index (χ0n) is 23.2. The molecule has 1 fully saturated rings.